The lowest BCUT2D eigenvalue weighted by atomic mass is 10.1. The van der Waals surface area contributed by atoms with Crippen LogP contribution in [0.5, 0.6) is 5.75 Å². The number of benzene rings is 2. The van der Waals surface area contributed by atoms with E-state index in [1.165, 1.54) is 19.2 Å². The number of hydrogen-bond acceptors (Lipinski definition) is 6. The van der Waals surface area contributed by atoms with Gasteiger partial charge in [-0.3, -0.25) is 4.79 Å². The molecule has 0 aliphatic carbocycles. The normalized spacial score (nSPS) is 10.6. The van der Waals surface area contributed by atoms with E-state index < -0.39 is 5.82 Å². The summed E-state index contributed by atoms with van der Waals surface area (Å²) in [7, 11) is 1.44. The molecule has 5 nitrogen and oxygen atoms in total. The Labute approximate surface area is 148 Å². The summed E-state index contributed by atoms with van der Waals surface area (Å²) in [5.74, 6) is -0.120. The fraction of sp³-hybridized carbons (Fsp3) is 0.167. The number of methoxy groups -OCH3 is 1. The van der Waals surface area contributed by atoms with Crippen molar-refractivity contribution in [3.05, 3.63) is 71.4 Å². The van der Waals surface area contributed by atoms with Gasteiger partial charge in [0.2, 0.25) is 5.89 Å². The molecule has 3 rings (SSSR count). The molecule has 0 fully saturated rings. The Morgan fingerprint density at radius 3 is 2.72 bits per heavy atom. The minimum absolute atomic E-state index is 0.0101. The van der Waals surface area contributed by atoms with Gasteiger partial charge >= 0.3 is 0 Å². The SMILES string of the molecule is COc1ccc(C(=O)CSc2nnc(Cc3ccccc3)o2)c(F)c1. The van der Waals surface area contributed by atoms with E-state index >= 15 is 0 Å². The molecule has 0 bridgehead atoms. The van der Waals surface area contributed by atoms with Crippen LogP contribution in [-0.4, -0.2) is 28.8 Å². The standard InChI is InChI=1S/C18H15FN2O3S/c1-23-13-7-8-14(15(19)10-13)16(22)11-25-18-21-20-17(24-18)9-12-5-3-2-4-6-12/h2-8,10H,9,11H2,1H3. The molecule has 0 spiro atoms. The van der Waals surface area contributed by atoms with E-state index in [1.54, 1.807) is 6.07 Å². The number of rotatable bonds is 7. The van der Waals surface area contributed by atoms with Gasteiger partial charge in [-0.2, -0.15) is 0 Å². The molecule has 0 saturated heterocycles. The molecule has 1 heterocycles. The van der Waals surface area contributed by atoms with Crippen LogP contribution in [-0.2, 0) is 6.42 Å². The Bertz CT molecular complexity index is 868. The van der Waals surface area contributed by atoms with Crippen LogP contribution in [0.4, 0.5) is 4.39 Å². The van der Waals surface area contributed by atoms with Gasteiger partial charge in [0.05, 0.1) is 24.8 Å². The molecule has 128 valence electrons. The van der Waals surface area contributed by atoms with Crippen molar-refractivity contribution in [1.82, 2.24) is 10.2 Å². The zero-order valence-corrected chi connectivity index (χ0v) is 14.3. The maximum atomic E-state index is 13.9. The maximum Gasteiger partial charge on any atom is 0.277 e. The molecule has 2 aromatic carbocycles. The number of ether oxygens (including phenoxy) is 1. The number of aromatic nitrogens is 2. The molecule has 0 N–H and O–H groups in total. The van der Waals surface area contributed by atoms with Gasteiger partial charge in [-0.15, -0.1) is 10.2 Å². The number of carbonyl (C=O) groups excluding carboxylic acids is 1. The van der Waals surface area contributed by atoms with Crippen LogP contribution >= 0.6 is 11.8 Å². The van der Waals surface area contributed by atoms with Gasteiger partial charge in [0.15, 0.2) is 5.78 Å². The number of thioether (sulfide) groups is 1. The van der Waals surface area contributed by atoms with Crippen molar-refractivity contribution < 1.29 is 18.3 Å². The third-order valence-electron chi connectivity index (χ3n) is 3.45. The van der Waals surface area contributed by atoms with Crippen LogP contribution < -0.4 is 4.74 Å². The molecule has 0 atom stereocenters. The van der Waals surface area contributed by atoms with E-state index in [-0.39, 0.29) is 22.3 Å². The fourth-order valence-corrected chi connectivity index (χ4v) is 2.86. The van der Waals surface area contributed by atoms with Gasteiger partial charge in [0.1, 0.15) is 11.6 Å². The molecule has 0 aliphatic heterocycles. The van der Waals surface area contributed by atoms with E-state index in [2.05, 4.69) is 10.2 Å². The van der Waals surface area contributed by atoms with Crippen LogP contribution in [0.15, 0.2) is 58.2 Å². The van der Waals surface area contributed by atoms with E-state index in [4.69, 9.17) is 9.15 Å². The van der Waals surface area contributed by atoms with Gasteiger partial charge in [0.25, 0.3) is 5.22 Å². The van der Waals surface area contributed by atoms with Gasteiger partial charge in [-0.05, 0) is 17.7 Å². The summed E-state index contributed by atoms with van der Waals surface area (Å²) in [6.45, 7) is 0. The van der Waals surface area contributed by atoms with Gasteiger partial charge in [-0.25, -0.2) is 4.39 Å². The minimum Gasteiger partial charge on any atom is -0.497 e. The maximum absolute atomic E-state index is 13.9. The number of ketones is 1. The number of nitrogens with zero attached hydrogens (tertiary/aromatic N) is 2. The first-order valence-electron chi connectivity index (χ1n) is 7.51. The topological polar surface area (TPSA) is 65.2 Å². The zero-order valence-electron chi connectivity index (χ0n) is 13.4. The predicted octanol–water partition coefficient (Wildman–Crippen LogP) is 3.78. The first-order valence-corrected chi connectivity index (χ1v) is 8.50. The lowest BCUT2D eigenvalue weighted by Crippen LogP contribution is -2.05. The first-order chi connectivity index (χ1) is 12.2. The Hall–Kier alpha value is -2.67. The summed E-state index contributed by atoms with van der Waals surface area (Å²) < 4.78 is 24.3. The summed E-state index contributed by atoms with van der Waals surface area (Å²) in [5, 5.41) is 8.16. The molecule has 0 saturated carbocycles. The van der Waals surface area contributed by atoms with Crippen molar-refractivity contribution in [1.29, 1.82) is 0 Å². The summed E-state index contributed by atoms with van der Waals surface area (Å²) in [5.41, 5.74) is 1.07. The quantitative estimate of drug-likeness (QED) is 0.473. The first kappa shape index (κ1) is 17.2. The molecular weight excluding hydrogens is 343 g/mol. The summed E-state index contributed by atoms with van der Waals surface area (Å²) >= 11 is 1.09. The molecular formula is C18H15FN2O3S. The molecule has 0 unspecified atom stereocenters. The molecule has 25 heavy (non-hydrogen) atoms. The van der Waals surface area contributed by atoms with Crippen molar-refractivity contribution in [2.24, 2.45) is 0 Å². The van der Waals surface area contributed by atoms with Crippen LogP contribution in [0.3, 0.4) is 0 Å². The lowest BCUT2D eigenvalue weighted by Gasteiger charge is -2.04. The number of halogens is 1. The highest BCUT2D eigenvalue weighted by atomic mass is 32.2. The Morgan fingerprint density at radius 1 is 1.20 bits per heavy atom. The third kappa shape index (κ3) is 4.45. The molecule has 3 aromatic rings. The van der Waals surface area contributed by atoms with E-state index in [9.17, 15) is 9.18 Å². The highest BCUT2D eigenvalue weighted by Crippen LogP contribution is 2.22. The largest absolute Gasteiger partial charge is 0.497 e. The van der Waals surface area contributed by atoms with E-state index in [0.717, 1.165) is 17.3 Å². The van der Waals surface area contributed by atoms with Crippen molar-refractivity contribution in [2.75, 3.05) is 12.9 Å². The highest BCUT2D eigenvalue weighted by Gasteiger charge is 2.15. The van der Waals surface area contributed by atoms with E-state index in [1.807, 2.05) is 30.3 Å². The second-order valence-corrected chi connectivity index (χ2v) is 6.11. The molecule has 0 aliphatic rings. The minimum atomic E-state index is -0.611. The van der Waals surface area contributed by atoms with Crippen LogP contribution in [0, 0.1) is 5.82 Å². The van der Waals surface area contributed by atoms with E-state index in [0.29, 0.717) is 18.1 Å². The van der Waals surface area contributed by atoms with Gasteiger partial charge in [-0.1, -0.05) is 42.1 Å². The van der Waals surface area contributed by atoms with Crippen LogP contribution in [0.1, 0.15) is 21.8 Å². The number of Topliss-reactive ketones (excluding diaryl/α,β-unsaturated/α-hetero) is 1. The molecule has 7 heteroatoms. The Morgan fingerprint density at radius 2 is 2.00 bits per heavy atom. The monoisotopic (exact) mass is 358 g/mol. The van der Waals surface area contributed by atoms with Crippen LogP contribution in [0.25, 0.3) is 0 Å². The Kier molecular flexibility index (Phi) is 5.45. The summed E-state index contributed by atoms with van der Waals surface area (Å²) in [4.78, 5) is 12.1. The zero-order chi connectivity index (χ0) is 17.6. The smallest absolute Gasteiger partial charge is 0.277 e. The van der Waals surface area contributed by atoms with Gasteiger partial charge in [0, 0.05) is 6.07 Å². The highest BCUT2D eigenvalue weighted by molar-refractivity contribution is 7.99. The second-order valence-electron chi connectivity index (χ2n) is 5.18. The second kappa shape index (κ2) is 7.94. The Balaban J connectivity index is 1.59. The summed E-state index contributed by atoms with van der Waals surface area (Å²) in [6.07, 6.45) is 0.523. The average molecular weight is 358 g/mol. The number of carbonyl (C=O) groups is 1. The van der Waals surface area contributed by atoms with Crippen molar-refractivity contribution in [2.45, 2.75) is 11.6 Å². The lowest BCUT2D eigenvalue weighted by molar-refractivity contribution is 0.101. The third-order valence-corrected chi connectivity index (χ3v) is 4.27. The van der Waals surface area contributed by atoms with Crippen molar-refractivity contribution in [3.63, 3.8) is 0 Å². The molecule has 0 amide bonds. The molecule has 0 radical (unpaired) electrons. The van der Waals surface area contributed by atoms with Crippen molar-refractivity contribution in [3.8, 4) is 5.75 Å². The molecule has 1 aromatic heterocycles. The van der Waals surface area contributed by atoms with Crippen LogP contribution in [0.2, 0.25) is 0 Å². The predicted molar refractivity (Wildman–Crippen MR) is 91.6 cm³/mol. The number of hydrogen-bond donors (Lipinski definition) is 0. The van der Waals surface area contributed by atoms with Crippen molar-refractivity contribution >= 4 is 17.5 Å². The van der Waals surface area contributed by atoms with Gasteiger partial charge < -0.3 is 9.15 Å². The summed E-state index contributed by atoms with van der Waals surface area (Å²) in [6, 6.07) is 13.9. The fourth-order valence-electron chi connectivity index (χ4n) is 2.19. The average Bonchev–Trinajstić information content (AvgIpc) is 3.07.